The second kappa shape index (κ2) is 8.46. The van der Waals surface area contributed by atoms with E-state index in [2.05, 4.69) is 0 Å². The molecule has 0 radical (unpaired) electrons. The van der Waals surface area contributed by atoms with Crippen LogP contribution in [-0.2, 0) is 9.59 Å². The van der Waals surface area contributed by atoms with E-state index in [9.17, 15) is 14.4 Å². The fraction of sp³-hybridized carbons (Fsp3) is 0.280. The molecule has 0 saturated carbocycles. The molecule has 2 unspecified atom stereocenters. The molecule has 10 heteroatoms. The van der Waals surface area contributed by atoms with E-state index in [1.807, 2.05) is 47.5 Å². The largest absolute Gasteiger partial charge is 0.497 e. The molecule has 2 atom stereocenters. The van der Waals surface area contributed by atoms with E-state index in [1.54, 1.807) is 38.3 Å². The SMILES string of the molecule is COc1ccc(OC)c(N2C(c3ccccc3)=CN3C2=NC2C3C(=O)N(CC(C)=O)C(=O)N2C)c1. The van der Waals surface area contributed by atoms with Crippen LogP contribution in [0.15, 0.2) is 59.7 Å². The van der Waals surface area contributed by atoms with Crippen molar-refractivity contribution in [2.75, 3.05) is 32.7 Å². The van der Waals surface area contributed by atoms with E-state index < -0.39 is 24.1 Å². The van der Waals surface area contributed by atoms with Crippen molar-refractivity contribution in [2.24, 2.45) is 4.99 Å². The van der Waals surface area contributed by atoms with Crippen molar-refractivity contribution in [2.45, 2.75) is 19.1 Å². The van der Waals surface area contributed by atoms with Gasteiger partial charge in [-0.25, -0.2) is 9.79 Å². The molecule has 0 spiro atoms. The summed E-state index contributed by atoms with van der Waals surface area (Å²) in [6.45, 7) is 1.07. The lowest BCUT2D eigenvalue weighted by molar-refractivity contribution is -0.139. The molecule has 1 fully saturated rings. The van der Waals surface area contributed by atoms with E-state index >= 15 is 0 Å². The molecule has 35 heavy (non-hydrogen) atoms. The lowest BCUT2D eigenvalue weighted by Gasteiger charge is -2.39. The summed E-state index contributed by atoms with van der Waals surface area (Å²) in [5.74, 6) is 0.945. The van der Waals surface area contributed by atoms with Gasteiger partial charge in [-0.1, -0.05) is 30.3 Å². The average molecular weight is 476 g/mol. The van der Waals surface area contributed by atoms with Gasteiger partial charge in [-0.15, -0.1) is 0 Å². The van der Waals surface area contributed by atoms with Gasteiger partial charge < -0.3 is 14.4 Å². The molecule has 2 aromatic carbocycles. The average Bonchev–Trinajstić information content (AvgIpc) is 3.41. The van der Waals surface area contributed by atoms with Gasteiger partial charge in [0.2, 0.25) is 5.96 Å². The van der Waals surface area contributed by atoms with Gasteiger partial charge in [0.05, 0.1) is 32.1 Å². The number of methoxy groups -OCH3 is 2. The highest BCUT2D eigenvalue weighted by molar-refractivity contribution is 6.17. The molecular weight excluding hydrogens is 450 g/mol. The molecule has 0 bridgehead atoms. The number of nitrogens with zero attached hydrogens (tertiary/aromatic N) is 5. The summed E-state index contributed by atoms with van der Waals surface area (Å²) in [7, 11) is 4.75. The van der Waals surface area contributed by atoms with Crippen LogP contribution < -0.4 is 14.4 Å². The zero-order chi connectivity index (χ0) is 24.9. The van der Waals surface area contributed by atoms with Gasteiger partial charge in [-0.2, -0.15) is 0 Å². The lowest BCUT2D eigenvalue weighted by atomic mass is 10.1. The summed E-state index contributed by atoms with van der Waals surface area (Å²) < 4.78 is 11.1. The number of aliphatic imine (C=N–C) groups is 1. The van der Waals surface area contributed by atoms with Crippen LogP contribution in [0.2, 0.25) is 0 Å². The number of fused-ring (bicyclic) bond motifs is 3. The molecule has 0 N–H and O–H groups in total. The lowest BCUT2D eigenvalue weighted by Crippen LogP contribution is -2.64. The number of likely N-dealkylation sites (N-methyl/N-ethyl adjacent to an activating group) is 1. The van der Waals surface area contributed by atoms with Crippen LogP contribution in [0.5, 0.6) is 11.5 Å². The first-order valence-corrected chi connectivity index (χ1v) is 11.1. The zero-order valence-corrected chi connectivity index (χ0v) is 19.8. The molecule has 0 aliphatic carbocycles. The molecule has 2 aromatic rings. The highest BCUT2D eigenvalue weighted by Gasteiger charge is 2.55. The Bertz CT molecular complexity index is 1270. The predicted molar refractivity (Wildman–Crippen MR) is 129 cm³/mol. The fourth-order valence-corrected chi connectivity index (χ4v) is 4.62. The number of Topliss-reactive ketones (excluding diaryl/α,β-unsaturated/α-hetero) is 1. The smallest absolute Gasteiger partial charge is 0.328 e. The highest BCUT2D eigenvalue weighted by atomic mass is 16.5. The monoisotopic (exact) mass is 475 g/mol. The van der Waals surface area contributed by atoms with E-state index in [0.717, 1.165) is 16.2 Å². The third-order valence-corrected chi connectivity index (χ3v) is 6.29. The number of urea groups is 1. The number of hydrogen-bond donors (Lipinski definition) is 0. The minimum absolute atomic E-state index is 0.276. The Balaban J connectivity index is 1.66. The van der Waals surface area contributed by atoms with E-state index in [-0.39, 0.29) is 12.3 Å². The predicted octanol–water partition coefficient (Wildman–Crippen LogP) is 2.37. The second-order valence-electron chi connectivity index (χ2n) is 8.47. The van der Waals surface area contributed by atoms with Gasteiger partial charge in [0.1, 0.15) is 17.3 Å². The number of ketones is 1. The second-order valence-corrected chi connectivity index (χ2v) is 8.47. The van der Waals surface area contributed by atoms with Crippen LogP contribution in [0.1, 0.15) is 12.5 Å². The van der Waals surface area contributed by atoms with Gasteiger partial charge >= 0.3 is 6.03 Å². The highest BCUT2D eigenvalue weighted by Crippen LogP contribution is 2.44. The normalized spacial score (nSPS) is 21.0. The van der Waals surface area contributed by atoms with Crippen LogP contribution in [0.25, 0.3) is 5.70 Å². The molecule has 0 aromatic heterocycles. The van der Waals surface area contributed by atoms with E-state index in [4.69, 9.17) is 14.5 Å². The van der Waals surface area contributed by atoms with Gasteiger partial charge in [-0.05, 0) is 19.1 Å². The van der Waals surface area contributed by atoms with Gasteiger partial charge in [0.25, 0.3) is 5.91 Å². The molecule has 10 nitrogen and oxygen atoms in total. The maximum absolute atomic E-state index is 13.5. The van der Waals surface area contributed by atoms with Crippen molar-refractivity contribution >= 4 is 35.1 Å². The fourth-order valence-electron chi connectivity index (χ4n) is 4.62. The Labute approximate surface area is 202 Å². The van der Waals surface area contributed by atoms with Crippen molar-refractivity contribution in [3.8, 4) is 11.5 Å². The number of rotatable bonds is 6. The zero-order valence-electron chi connectivity index (χ0n) is 19.8. The van der Waals surface area contributed by atoms with Gasteiger partial charge in [-0.3, -0.25) is 24.3 Å². The molecule has 3 heterocycles. The third kappa shape index (κ3) is 3.49. The Morgan fingerprint density at radius 1 is 1.06 bits per heavy atom. The minimum Gasteiger partial charge on any atom is -0.497 e. The van der Waals surface area contributed by atoms with Crippen LogP contribution in [0.4, 0.5) is 10.5 Å². The number of carbonyl (C=O) groups is 3. The molecule has 180 valence electrons. The summed E-state index contributed by atoms with van der Waals surface area (Å²) in [4.78, 5) is 49.0. The first-order valence-electron chi connectivity index (χ1n) is 11.1. The van der Waals surface area contributed by atoms with E-state index in [1.165, 1.54) is 11.8 Å². The Kier molecular flexibility index (Phi) is 5.43. The first-order chi connectivity index (χ1) is 16.8. The molecule has 1 saturated heterocycles. The summed E-state index contributed by atoms with van der Waals surface area (Å²) >= 11 is 0. The van der Waals surface area contributed by atoms with Crippen LogP contribution in [0, 0.1) is 0 Å². The molecule has 3 amide bonds. The molecule has 5 rings (SSSR count). The van der Waals surface area contributed by atoms with Gasteiger partial charge in [0.15, 0.2) is 12.2 Å². The Morgan fingerprint density at radius 2 is 1.80 bits per heavy atom. The molecule has 3 aliphatic heterocycles. The Hall–Kier alpha value is -4.34. The number of hydrogen-bond acceptors (Lipinski definition) is 8. The maximum Gasteiger partial charge on any atom is 0.328 e. The Morgan fingerprint density at radius 3 is 2.46 bits per heavy atom. The topological polar surface area (TPSA) is 95.0 Å². The molecule has 3 aliphatic rings. The van der Waals surface area contributed by atoms with Crippen LogP contribution in [-0.4, -0.2) is 78.4 Å². The van der Waals surface area contributed by atoms with Crippen LogP contribution >= 0.6 is 0 Å². The first kappa shape index (κ1) is 22.5. The maximum atomic E-state index is 13.5. The third-order valence-electron chi connectivity index (χ3n) is 6.29. The van der Waals surface area contributed by atoms with Crippen molar-refractivity contribution in [1.82, 2.24) is 14.7 Å². The quantitative estimate of drug-likeness (QED) is 0.633. The standard InChI is InChI=1S/C25H25N5O5/c1-15(31)13-29-23(32)21-22(27(2)25(29)33)26-24-28(21)14-19(16-8-6-5-7-9-16)30(24)18-12-17(34-3)10-11-20(18)35-4/h5-12,14,21-22H,13H2,1-4H3. The number of ether oxygens (including phenoxy) is 2. The number of anilines is 1. The van der Waals surface area contributed by atoms with E-state index in [0.29, 0.717) is 23.1 Å². The van der Waals surface area contributed by atoms with Crippen molar-refractivity contribution in [3.63, 3.8) is 0 Å². The minimum atomic E-state index is -0.799. The number of imide groups is 1. The van der Waals surface area contributed by atoms with Crippen molar-refractivity contribution < 1.29 is 23.9 Å². The molecular formula is C25H25N5O5. The number of carbonyl (C=O) groups excluding carboxylic acids is 3. The van der Waals surface area contributed by atoms with Crippen LogP contribution in [0.3, 0.4) is 0 Å². The number of benzene rings is 2. The number of guanidine groups is 1. The number of amides is 3. The summed E-state index contributed by atoms with van der Waals surface area (Å²) in [5.41, 5.74) is 2.35. The summed E-state index contributed by atoms with van der Waals surface area (Å²) in [6, 6.07) is 13.8. The summed E-state index contributed by atoms with van der Waals surface area (Å²) in [6.07, 6.45) is 1.12. The van der Waals surface area contributed by atoms with Gasteiger partial charge in [0, 0.05) is 24.9 Å². The van der Waals surface area contributed by atoms with Crippen molar-refractivity contribution in [1.29, 1.82) is 0 Å². The van der Waals surface area contributed by atoms with Crippen molar-refractivity contribution in [3.05, 3.63) is 60.3 Å². The summed E-state index contributed by atoms with van der Waals surface area (Å²) in [5, 5.41) is 0.